The Morgan fingerprint density at radius 3 is 2.27 bits per heavy atom. The van der Waals surface area contributed by atoms with Gasteiger partial charge in [0.05, 0.1) is 8.80 Å². The predicted octanol–water partition coefficient (Wildman–Crippen LogP) is 1.22. The highest BCUT2D eigenvalue weighted by atomic mass is 28.3. The topological polar surface area (TPSA) is 18.5 Å². The van der Waals surface area contributed by atoms with Crippen LogP contribution >= 0.6 is 0 Å². The van der Waals surface area contributed by atoms with Crippen LogP contribution in [0.1, 0.15) is 5.56 Å². The van der Waals surface area contributed by atoms with E-state index >= 15 is 0 Å². The van der Waals surface area contributed by atoms with Crippen molar-refractivity contribution in [3.8, 4) is 0 Å². The van der Waals surface area contributed by atoms with E-state index in [2.05, 4.69) is 35.5 Å². The van der Waals surface area contributed by atoms with Gasteiger partial charge in [-0.15, -0.1) is 0 Å². The van der Waals surface area contributed by atoms with E-state index in [0.717, 1.165) is 5.56 Å². The summed E-state index contributed by atoms with van der Waals surface area (Å²) in [6, 6.07) is 8.31. The highest BCUT2D eigenvalue weighted by Gasteiger charge is 2.25. The largest absolute Gasteiger partial charge is 0.354 e. The Balaban J connectivity index is 3.09. The van der Waals surface area contributed by atoms with Crippen LogP contribution in [0.4, 0.5) is 0 Å². The summed E-state index contributed by atoms with van der Waals surface area (Å²) in [5.74, 6) is 0. The SMILES string of the molecule is COC([Si])(OC)c1cccc([Si](C)C)c1. The van der Waals surface area contributed by atoms with Gasteiger partial charge in [-0.25, -0.2) is 0 Å². The molecule has 0 fully saturated rings. The van der Waals surface area contributed by atoms with Crippen molar-refractivity contribution in [3.63, 3.8) is 0 Å². The maximum atomic E-state index is 5.31. The fourth-order valence-electron chi connectivity index (χ4n) is 1.35. The standard InChI is InChI=1S/C11H16O2Si2/c1-12-11(14,13-2)9-6-5-7-10(8-9)15(3)4/h5-8H,1-4H3. The Kier molecular flexibility index (Phi) is 4.27. The highest BCUT2D eigenvalue weighted by molar-refractivity contribution is 6.70. The molecule has 80 valence electrons. The van der Waals surface area contributed by atoms with Crippen molar-refractivity contribution in [2.24, 2.45) is 0 Å². The van der Waals surface area contributed by atoms with Crippen LogP contribution in [-0.2, 0) is 14.9 Å². The summed E-state index contributed by atoms with van der Waals surface area (Å²) in [6.45, 7) is 4.53. The zero-order valence-corrected chi connectivity index (χ0v) is 11.6. The first kappa shape index (κ1) is 12.6. The summed E-state index contributed by atoms with van der Waals surface area (Å²) < 4.78 is 10.6. The minimum Gasteiger partial charge on any atom is -0.354 e. The van der Waals surface area contributed by atoms with Gasteiger partial charge in [-0.2, -0.15) is 0 Å². The number of methoxy groups -OCH3 is 2. The summed E-state index contributed by atoms with van der Waals surface area (Å²) in [5.41, 5.74) is 0.167. The smallest absolute Gasteiger partial charge is 0.168 e. The molecule has 1 aromatic rings. The van der Waals surface area contributed by atoms with Gasteiger partial charge in [-0.3, -0.25) is 0 Å². The molecule has 1 rings (SSSR count). The molecular weight excluding hydrogens is 220 g/mol. The van der Waals surface area contributed by atoms with Crippen LogP contribution in [0, 0.1) is 0 Å². The molecule has 0 aliphatic carbocycles. The van der Waals surface area contributed by atoms with Crippen molar-refractivity contribution in [2.75, 3.05) is 14.2 Å². The summed E-state index contributed by atoms with van der Waals surface area (Å²) in [7, 11) is 6.29. The number of rotatable bonds is 4. The zero-order valence-electron chi connectivity index (χ0n) is 9.63. The van der Waals surface area contributed by atoms with Gasteiger partial charge in [0, 0.05) is 19.8 Å². The molecule has 0 spiro atoms. The maximum Gasteiger partial charge on any atom is 0.168 e. The molecule has 0 heterocycles. The van der Waals surface area contributed by atoms with Crippen LogP contribution in [0.3, 0.4) is 0 Å². The third-order valence-electron chi connectivity index (χ3n) is 2.39. The number of benzene rings is 1. The highest BCUT2D eigenvalue weighted by Crippen LogP contribution is 2.20. The lowest BCUT2D eigenvalue weighted by Gasteiger charge is -2.27. The number of hydrogen-bond donors (Lipinski definition) is 0. The Labute approximate surface area is 96.6 Å². The molecule has 4 radical (unpaired) electrons. The van der Waals surface area contributed by atoms with Gasteiger partial charge in [0.1, 0.15) is 10.2 Å². The Morgan fingerprint density at radius 1 is 1.20 bits per heavy atom. The third-order valence-corrected chi connectivity index (χ3v) is 4.56. The van der Waals surface area contributed by atoms with E-state index in [0.29, 0.717) is 0 Å². The minimum absolute atomic E-state index is 0.443. The minimum atomic E-state index is -0.826. The van der Waals surface area contributed by atoms with E-state index in [1.165, 1.54) is 5.19 Å². The Hall–Kier alpha value is -0.426. The van der Waals surface area contributed by atoms with Crippen LogP contribution in [0.15, 0.2) is 24.3 Å². The van der Waals surface area contributed by atoms with Crippen molar-refractivity contribution in [3.05, 3.63) is 29.8 Å². The van der Waals surface area contributed by atoms with E-state index < -0.39 is 14.2 Å². The van der Waals surface area contributed by atoms with Gasteiger partial charge in [0.2, 0.25) is 0 Å². The second-order valence-corrected chi connectivity index (χ2v) is 6.84. The van der Waals surface area contributed by atoms with Gasteiger partial charge in [-0.05, 0) is 0 Å². The van der Waals surface area contributed by atoms with E-state index in [1.54, 1.807) is 14.2 Å². The maximum absolute atomic E-state index is 5.31. The van der Waals surface area contributed by atoms with Gasteiger partial charge in [0.25, 0.3) is 0 Å². The van der Waals surface area contributed by atoms with Crippen molar-refractivity contribution >= 4 is 24.2 Å². The van der Waals surface area contributed by atoms with E-state index in [-0.39, 0.29) is 0 Å². The van der Waals surface area contributed by atoms with Crippen LogP contribution in [-0.4, -0.2) is 33.3 Å². The van der Waals surface area contributed by atoms with Crippen LogP contribution in [0.2, 0.25) is 13.1 Å². The lowest BCUT2D eigenvalue weighted by molar-refractivity contribution is -0.148. The molecule has 0 aromatic heterocycles. The lowest BCUT2D eigenvalue weighted by atomic mass is 10.2. The van der Waals surface area contributed by atoms with Crippen molar-refractivity contribution in [1.29, 1.82) is 0 Å². The molecule has 1 aromatic carbocycles. The summed E-state index contributed by atoms with van der Waals surface area (Å²) in [6.07, 6.45) is 0. The Bertz CT molecular complexity index is 322. The molecule has 15 heavy (non-hydrogen) atoms. The fraction of sp³-hybridized carbons (Fsp3) is 0.455. The molecule has 2 nitrogen and oxygen atoms in total. The quantitative estimate of drug-likeness (QED) is 0.578. The fourth-order valence-corrected chi connectivity index (χ4v) is 2.38. The van der Waals surface area contributed by atoms with Gasteiger partial charge < -0.3 is 9.47 Å². The molecule has 0 saturated carbocycles. The molecule has 0 amide bonds. The first-order valence-corrected chi connectivity index (χ1v) is 7.80. The number of hydrogen-bond acceptors (Lipinski definition) is 2. The second-order valence-electron chi connectivity index (χ2n) is 3.61. The van der Waals surface area contributed by atoms with Crippen LogP contribution < -0.4 is 5.19 Å². The van der Waals surface area contributed by atoms with Crippen molar-refractivity contribution < 1.29 is 9.47 Å². The normalized spacial score (nSPS) is 12.1. The van der Waals surface area contributed by atoms with E-state index in [9.17, 15) is 0 Å². The first-order chi connectivity index (χ1) is 7.03. The van der Waals surface area contributed by atoms with Crippen molar-refractivity contribution in [2.45, 2.75) is 18.5 Å². The molecule has 0 bridgehead atoms. The van der Waals surface area contributed by atoms with Crippen LogP contribution in [0.25, 0.3) is 0 Å². The monoisotopic (exact) mass is 236 g/mol. The van der Waals surface area contributed by atoms with E-state index in [4.69, 9.17) is 9.47 Å². The summed E-state index contributed by atoms with van der Waals surface area (Å²) in [5, 5.41) is 1.37. The van der Waals surface area contributed by atoms with Gasteiger partial charge in [0.15, 0.2) is 5.41 Å². The molecule has 0 atom stereocenters. The second kappa shape index (κ2) is 5.07. The average Bonchev–Trinajstić information content (AvgIpc) is 2.28. The van der Waals surface area contributed by atoms with Crippen LogP contribution in [0.5, 0.6) is 0 Å². The molecule has 0 unspecified atom stereocenters. The summed E-state index contributed by atoms with van der Waals surface area (Å²) >= 11 is 0. The first-order valence-electron chi connectivity index (χ1n) is 4.80. The Morgan fingerprint density at radius 2 is 1.80 bits per heavy atom. The molecule has 0 N–H and O–H groups in total. The van der Waals surface area contributed by atoms with Crippen molar-refractivity contribution in [1.82, 2.24) is 0 Å². The lowest BCUT2D eigenvalue weighted by Crippen LogP contribution is -2.33. The molecule has 0 aliphatic heterocycles. The molecule has 4 heteroatoms. The average molecular weight is 236 g/mol. The zero-order chi connectivity index (χ0) is 11.5. The summed E-state index contributed by atoms with van der Waals surface area (Å²) in [4.78, 5) is 0. The third kappa shape index (κ3) is 2.78. The molecule has 0 saturated heterocycles. The molecular formula is C11H16O2Si2. The van der Waals surface area contributed by atoms with Gasteiger partial charge in [-0.1, -0.05) is 42.5 Å². The molecule has 0 aliphatic rings. The number of ether oxygens (including phenoxy) is 2. The van der Waals surface area contributed by atoms with Gasteiger partial charge >= 0.3 is 0 Å². The van der Waals surface area contributed by atoms with E-state index in [1.807, 2.05) is 12.1 Å². The predicted molar refractivity (Wildman–Crippen MR) is 65.0 cm³/mol.